The van der Waals surface area contributed by atoms with Gasteiger partial charge in [0.05, 0.1) is 32.1 Å². The lowest BCUT2D eigenvalue weighted by molar-refractivity contribution is -0.0459. The number of anilines is 2. The number of aliphatic hydroxyl groups excluding tert-OH is 2. The van der Waals surface area contributed by atoms with Crippen LogP contribution in [0.2, 0.25) is 0 Å². The smallest absolute Gasteiger partial charge is 0.407 e. The Kier molecular flexibility index (Phi) is 7.50. The molecule has 0 bridgehead atoms. The number of aromatic nitrogens is 2. The van der Waals surface area contributed by atoms with E-state index < -0.39 is 30.2 Å². The highest BCUT2D eigenvalue weighted by molar-refractivity contribution is 5.77. The average molecular weight is 476 g/mol. The summed E-state index contributed by atoms with van der Waals surface area (Å²) in [7, 11) is 0. The summed E-state index contributed by atoms with van der Waals surface area (Å²) in [6, 6.07) is 5.21. The molecule has 1 aromatic carbocycles. The summed E-state index contributed by atoms with van der Waals surface area (Å²) in [5.74, 6) is 1.43. The van der Waals surface area contributed by atoms with Gasteiger partial charge in [0.25, 0.3) is 0 Å². The summed E-state index contributed by atoms with van der Waals surface area (Å²) in [5.41, 5.74) is -0.101. The fourth-order valence-electron chi connectivity index (χ4n) is 3.62. The van der Waals surface area contributed by atoms with Gasteiger partial charge in [-0.2, -0.15) is 4.98 Å². The Morgan fingerprint density at radius 3 is 2.97 bits per heavy atom. The van der Waals surface area contributed by atoms with Gasteiger partial charge in [0, 0.05) is 6.42 Å². The van der Waals surface area contributed by atoms with Crippen LogP contribution in [0.3, 0.4) is 0 Å². The molecule has 0 unspecified atom stereocenters. The van der Waals surface area contributed by atoms with Crippen molar-refractivity contribution in [1.82, 2.24) is 14.9 Å². The molecular formula is C22H28N4O8. The van der Waals surface area contributed by atoms with Crippen LogP contribution in [0.25, 0.3) is 0 Å². The summed E-state index contributed by atoms with van der Waals surface area (Å²) in [5, 5.41) is 24.9. The lowest BCUT2D eigenvalue weighted by atomic mass is 10.2. The second-order valence-electron chi connectivity index (χ2n) is 7.88. The fraction of sp³-hybridized carbons (Fsp3) is 0.500. The van der Waals surface area contributed by atoms with E-state index >= 15 is 0 Å². The number of ether oxygens (including phenoxy) is 4. The van der Waals surface area contributed by atoms with Gasteiger partial charge in [0.1, 0.15) is 30.4 Å². The van der Waals surface area contributed by atoms with Gasteiger partial charge < -0.3 is 39.8 Å². The second-order valence-corrected chi connectivity index (χ2v) is 7.88. The number of nitrogens with one attached hydrogen (secondary N) is 2. The van der Waals surface area contributed by atoms with E-state index in [-0.39, 0.29) is 32.0 Å². The van der Waals surface area contributed by atoms with Crippen molar-refractivity contribution in [2.45, 2.75) is 44.6 Å². The number of unbranched alkanes of at least 4 members (excludes halogenated alkanes) is 1. The molecule has 0 spiro atoms. The number of fused-ring (bicyclic) bond motifs is 2. The van der Waals surface area contributed by atoms with Crippen molar-refractivity contribution in [1.29, 1.82) is 0 Å². The van der Waals surface area contributed by atoms with Crippen LogP contribution in [0.1, 0.15) is 32.4 Å². The topological polar surface area (TPSA) is 153 Å². The number of hydrogen-bond acceptors (Lipinski definition) is 10. The number of rotatable bonds is 9. The number of benzene rings is 1. The monoisotopic (exact) mass is 476 g/mol. The van der Waals surface area contributed by atoms with E-state index in [0.29, 0.717) is 29.5 Å². The predicted octanol–water partition coefficient (Wildman–Crippen LogP) is 1.64. The zero-order valence-corrected chi connectivity index (χ0v) is 18.7. The van der Waals surface area contributed by atoms with Gasteiger partial charge in [0.15, 0.2) is 17.3 Å². The highest BCUT2D eigenvalue weighted by Crippen LogP contribution is 2.45. The number of aliphatic hydroxyl groups is 2. The van der Waals surface area contributed by atoms with Crippen LogP contribution in [0.4, 0.5) is 16.3 Å². The third-order valence-electron chi connectivity index (χ3n) is 5.42. The quantitative estimate of drug-likeness (QED) is 0.335. The molecule has 0 aliphatic carbocycles. The molecule has 2 aliphatic heterocycles. The minimum atomic E-state index is -0.884. The number of alkyl carbamates (subject to hydrolysis) is 1. The second kappa shape index (κ2) is 10.7. The van der Waals surface area contributed by atoms with Crippen LogP contribution in [0, 0.1) is 0 Å². The average Bonchev–Trinajstić information content (AvgIpc) is 3.20. The number of hydrogen-bond donors (Lipinski definition) is 4. The summed E-state index contributed by atoms with van der Waals surface area (Å²) in [4.78, 5) is 28.3. The van der Waals surface area contributed by atoms with Crippen LogP contribution >= 0.6 is 0 Å². The molecule has 2 aromatic rings. The minimum Gasteiger partial charge on any atom is -0.489 e. The first kappa shape index (κ1) is 23.8. The Morgan fingerprint density at radius 1 is 1.35 bits per heavy atom. The maximum atomic E-state index is 12.6. The fourth-order valence-corrected chi connectivity index (χ4v) is 3.62. The molecule has 184 valence electrons. The molecule has 0 saturated carbocycles. The molecule has 4 N–H and O–H groups in total. The van der Waals surface area contributed by atoms with Gasteiger partial charge >= 0.3 is 11.8 Å². The maximum absolute atomic E-state index is 12.6. The molecular weight excluding hydrogens is 448 g/mol. The van der Waals surface area contributed by atoms with E-state index in [9.17, 15) is 19.8 Å². The van der Waals surface area contributed by atoms with Crippen LogP contribution in [-0.4, -0.2) is 64.4 Å². The normalized spacial score (nSPS) is 20.5. The van der Waals surface area contributed by atoms with Crippen molar-refractivity contribution in [3.05, 3.63) is 34.9 Å². The van der Waals surface area contributed by atoms with Gasteiger partial charge in [0.2, 0.25) is 0 Å². The first-order chi connectivity index (χ1) is 16.5. The molecule has 0 radical (unpaired) electrons. The van der Waals surface area contributed by atoms with Gasteiger partial charge in [-0.25, -0.2) is 9.59 Å². The van der Waals surface area contributed by atoms with Crippen LogP contribution < -0.4 is 25.8 Å². The molecule has 2 aliphatic rings. The Hall–Kier alpha value is -3.35. The summed E-state index contributed by atoms with van der Waals surface area (Å²) >= 11 is 0. The number of amides is 1. The van der Waals surface area contributed by atoms with Crippen LogP contribution in [0.5, 0.6) is 17.2 Å². The lowest BCUT2D eigenvalue weighted by Gasteiger charge is -2.24. The zero-order valence-electron chi connectivity index (χ0n) is 18.7. The highest BCUT2D eigenvalue weighted by atomic mass is 16.6. The van der Waals surface area contributed by atoms with Crippen LogP contribution in [0.15, 0.2) is 29.2 Å². The predicted molar refractivity (Wildman–Crippen MR) is 120 cm³/mol. The third-order valence-corrected chi connectivity index (χ3v) is 5.42. The molecule has 12 nitrogen and oxygen atoms in total. The molecule has 1 fully saturated rings. The van der Waals surface area contributed by atoms with Gasteiger partial charge in [-0.3, -0.25) is 4.57 Å². The van der Waals surface area contributed by atoms with E-state index in [0.717, 1.165) is 12.8 Å². The molecule has 34 heavy (non-hydrogen) atoms. The van der Waals surface area contributed by atoms with E-state index in [1.54, 1.807) is 18.2 Å². The van der Waals surface area contributed by atoms with Crippen molar-refractivity contribution in [3.8, 4) is 17.2 Å². The molecule has 4 rings (SSSR count). The number of para-hydroxylation sites is 1. The summed E-state index contributed by atoms with van der Waals surface area (Å²) in [6.07, 6.45) is 0.451. The molecule has 1 amide bonds. The van der Waals surface area contributed by atoms with E-state index in [4.69, 9.17) is 18.9 Å². The zero-order chi connectivity index (χ0) is 24.1. The van der Waals surface area contributed by atoms with Gasteiger partial charge in [-0.05, 0) is 18.6 Å². The first-order valence-electron chi connectivity index (χ1n) is 11.2. The van der Waals surface area contributed by atoms with Gasteiger partial charge in [-0.1, -0.05) is 19.4 Å². The van der Waals surface area contributed by atoms with Crippen LogP contribution in [-0.2, 0) is 9.47 Å². The Labute approximate surface area is 195 Å². The van der Waals surface area contributed by atoms with E-state index in [1.807, 2.05) is 6.92 Å². The Bertz CT molecular complexity index is 1080. The minimum absolute atomic E-state index is 0.147. The first-order valence-corrected chi connectivity index (χ1v) is 11.2. The Morgan fingerprint density at radius 2 is 2.21 bits per heavy atom. The molecule has 3 heterocycles. The van der Waals surface area contributed by atoms with Crippen molar-refractivity contribution < 1.29 is 34.0 Å². The van der Waals surface area contributed by atoms with E-state index in [1.165, 1.54) is 10.8 Å². The third kappa shape index (κ3) is 5.24. The lowest BCUT2D eigenvalue weighted by Crippen LogP contribution is -2.29. The molecule has 1 saturated heterocycles. The standard InChI is InChI=1S/C22H28N4O8/c1-2-3-8-32-22(30)23-7-9-31-14-5-4-6-15-19(14)24-20-16(33-15)11-26(21(29)25-20)18-10-13(28)17(12-27)34-18/h4-6,11,13,17-18,27-28H,2-3,7-10,12H2,1H3,(H,23,30)(H,24,25,29)/t13-,17-,18-/m1/s1. The van der Waals surface area contributed by atoms with Crippen molar-refractivity contribution in [2.75, 3.05) is 31.7 Å². The summed E-state index contributed by atoms with van der Waals surface area (Å²) < 4.78 is 23.5. The number of carbonyl (C=O) groups excluding carboxylic acids is 1. The molecule has 1 aromatic heterocycles. The largest absolute Gasteiger partial charge is 0.489 e. The maximum Gasteiger partial charge on any atom is 0.407 e. The number of nitrogens with zero attached hydrogens (tertiary/aromatic N) is 2. The Balaban J connectivity index is 1.40. The van der Waals surface area contributed by atoms with E-state index in [2.05, 4.69) is 15.6 Å². The number of carbonyl (C=O) groups is 1. The molecule has 3 atom stereocenters. The molecule has 12 heteroatoms. The van der Waals surface area contributed by atoms with Crippen molar-refractivity contribution >= 4 is 17.6 Å². The summed E-state index contributed by atoms with van der Waals surface area (Å²) in [6.45, 7) is 2.47. The SMILES string of the molecule is CCCCOC(=O)NCCOc1cccc2c1Nc1nc(=O)n([C@H]3C[C@@H](O)[C@@H](CO)O3)cc1O2. The van der Waals surface area contributed by atoms with Gasteiger partial charge in [-0.15, -0.1) is 0 Å². The highest BCUT2D eigenvalue weighted by Gasteiger charge is 2.36. The van der Waals surface area contributed by atoms with Crippen molar-refractivity contribution in [3.63, 3.8) is 0 Å². The van der Waals surface area contributed by atoms with Crippen molar-refractivity contribution in [2.24, 2.45) is 0 Å².